The maximum absolute atomic E-state index is 12.1. The Morgan fingerprint density at radius 3 is 2.35 bits per heavy atom. The van der Waals surface area contributed by atoms with E-state index < -0.39 is 0 Å². The molecule has 0 aliphatic rings. The largest absolute Gasteiger partial charge is 0.292 e. The number of rotatable bonds is 3. The normalized spacial score (nSPS) is 10.6. The molecule has 0 unspecified atom stereocenters. The van der Waals surface area contributed by atoms with Crippen LogP contribution in [-0.4, -0.2) is 15.6 Å². The molecule has 1 aromatic carbocycles. The summed E-state index contributed by atoms with van der Waals surface area (Å²) in [5.41, 5.74) is 0.402. The summed E-state index contributed by atoms with van der Waals surface area (Å²) in [4.78, 5) is 35.7. The predicted octanol–water partition coefficient (Wildman–Crippen LogP) is 1.69. The minimum absolute atomic E-state index is 0.211. The fourth-order valence-corrected chi connectivity index (χ4v) is 1.90. The Kier molecular flexibility index (Phi) is 3.90. The number of aromatic nitrogens is 2. The number of carbonyl (C=O) groups excluding carboxylic acids is 1. The van der Waals surface area contributed by atoms with Crippen LogP contribution in [0.5, 0.6) is 0 Å². The summed E-state index contributed by atoms with van der Waals surface area (Å²) in [7, 11) is 0. The summed E-state index contributed by atoms with van der Waals surface area (Å²) in [5, 5.41) is 2.92. The van der Waals surface area contributed by atoms with E-state index in [9.17, 15) is 14.4 Å². The van der Waals surface area contributed by atoms with Crippen LogP contribution in [0, 0.1) is 13.8 Å². The maximum atomic E-state index is 12.1. The molecule has 0 fully saturated rings. The van der Waals surface area contributed by atoms with Crippen LogP contribution >= 0.6 is 11.6 Å². The second kappa shape index (κ2) is 5.46. The van der Waals surface area contributed by atoms with Gasteiger partial charge in [0.25, 0.3) is 11.1 Å². The van der Waals surface area contributed by atoms with Crippen molar-refractivity contribution in [3.05, 3.63) is 66.7 Å². The van der Waals surface area contributed by atoms with Gasteiger partial charge in [-0.3, -0.25) is 19.5 Å². The molecule has 6 heteroatoms. The quantitative estimate of drug-likeness (QED) is 0.875. The highest BCUT2D eigenvalue weighted by Gasteiger charge is 2.12. The van der Waals surface area contributed by atoms with Gasteiger partial charge in [-0.2, -0.15) is 0 Å². The van der Waals surface area contributed by atoms with Gasteiger partial charge in [0.15, 0.2) is 5.78 Å². The van der Waals surface area contributed by atoms with E-state index in [2.05, 4.69) is 5.10 Å². The molecule has 0 saturated carbocycles. The van der Waals surface area contributed by atoms with E-state index in [0.29, 0.717) is 21.7 Å². The fraction of sp³-hybridized carbons (Fsp3) is 0.214. The number of benzene rings is 1. The molecule has 2 rings (SSSR count). The maximum Gasteiger partial charge on any atom is 0.268 e. The molecule has 1 aromatic heterocycles. The Bertz CT molecular complexity index is 772. The first-order valence-electron chi connectivity index (χ1n) is 5.99. The molecule has 0 saturated heterocycles. The fourth-order valence-electron chi connectivity index (χ4n) is 1.77. The van der Waals surface area contributed by atoms with Crippen LogP contribution in [0.25, 0.3) is 0 Å². The Morgan fingerprint density at radius 2 is 1.75 bits per heavy atom. The summed E-state index contributed by atoms with van der Waals surface area (Å²) in [6, 6.07) is 6.35. The van der Waals surface area contributed by atoms with Crippen LogP contribution in [-0.2, 0) is 6.54 Å². The highest BCUT2D eigenvalue weighted by Crippen LogP contribution is 2.10. The Hall–Kier alpha value is -2.14. The molecule has 5 nitrogen and oxygen atoms in total. The first-order chi connectivity index (χ1) is 9.40. The van der Waals surface area contributed by atoms with Crippen LogP contribution in [0.1, 0.15) is 21.5 Å². The van der Waals surface area contributed by atoms with Gasteiger partial charge in [0.1, 0.15) is 6.54 Å². The second-order valence-corrected chi connectivity index (χ2v) is 4.95. The van der Waals surface area contributed by atoms with Crippen molar-refractivity contribution in [2.45, 2.75) is 20.4 Å². The van der Waals surface area contributed by atoms with E-state index in [1.165, 1.54) is 0 Å². The number of nitrogens with zero attached hydrogens (tertiary/aromatic N) is 1. The van der Waals surface area contributed by atoms with E-state index in [1.807, 2.05) is 0 Å². The van der Waals surface area contributed by atoms with E-state index in [0.717, 1.165) is 4.68 Å². The highest BCUT2D eigenvalue weighted by molar-refractivity contribution is 6.30. The summed E-state index contributed by atoms with van der Waals surface area (Å²) < 4.78 is 1.03. The highest BCUT2D eigenvalue weighted by atomic mass is 35.5. The molecule has 0 bridgehead atoms. The SMILES string of the molecule is Cc1c(C)c(=O)n(CC(=O)c2ccc(Cl)cc2)[nH]c1=O. The number of hydrogen-bond donors (Lipinski definition) is 1. The predicted molar refractivity (Wildman–Crippen MR) is 76.6 cm³/mol. The number of nitrogens with one attached hydrogen (secondary N) is 1. The third kappa shape index (κ3) is 2.72. The molecule has 0 aliphatic carbocycles. The number of hydrogen-bond acceptors (Lipinski definition) is 3. The summed E-state index contributed by atoms with van der Waals surface area (Å²) in [5.74, 6) is -0.275. The van der Waals surface area contributed by atoms with Gasteiger partial charge in [-0.15, -0.1) is 0 Å². The Balaban J connectivity index is 2.36. The van der Waals surface area contributed by atoms with Crippen molar-refractivity contribution in [3.8, 4) is 0 Å². The third-order valence-electron chi connectivity index (χ3n) is 3.17. The van der Waals surface area contributed by atoms with Gasteiger partial charge in [0.2, 0.25) is 0 Å². The van der Waals surface area contributed by atoms with Crippen LogP contribution in [0.15, 0.2) is 33.9 Å². The van der Waals surface area contributed by atoms with E-state index in [1.54, 1.807) is 38.1 Å². The first kappa shape index (κ1) is 14.3. The van der Waals surface area contributed by atoms with Crippen LogP contribution in [0.4, 0.5) is 0 Å². The number of ketones is 1. The van der Waals surface area contributed by atoms with E-state index >= 15 is 0 Å². The van der Waals surface area contributed by atoms with Crippen molar-refractivity contribution >= 4 is 17.4 Å². The molecular weight excluding hydrogens is 280 g/mol. The molecule has 1 heterocycles. The molecule has 2 aromatic rings. The monoisotopic (exact) mass is 292 g/mol. The zero-order valence-corrected chi connectivity index (χ0v) is 11.8. The first-order valence-corrected chi connectivity index (χ1v) is 6.37. The molecule has 0 amide bonds. The number of aromatic amines is 1. The van der Waals surface area contributed by atoms with Crippen molar-refractivity contribution in [3.63, 3.8) is 0 Å². The van der Waals surface area contributed by atoms with Gasteiger partial charge >= 0.3 is 0 Å². The van der Waals surface area contributed by atoms with Gasteiger partial charge in [-0.05, 0) is 38.1 Å². The number of Topliss-reactive ketones (excluding diaryl/α,β-unsaturated/α-hetero) is 1. The van der Waals surface area contributed by atoms with Gasteiger partial charge in [-0.1, -0.05) is 11.6 Å². The van der Waals surface area contributed by atoms with Crippen molar-refractivity contribution in [1.29, 1.82) is 0 Å². The Labute approximate surface area is 119 Å². The molecule has 0 radical (unpaired) electrons. The van der Waals surface area contributed by atoms with Gasteiger partial charge in [-0.25, -0.2) is 4.68 Å². The smallest absolute Gasteiger partial charge is 0.268 e. The number of carbonyl (C=O) groups is 1. The van der Waals surface area contributed by atoms with Gasteiger partial charge < -0.3 is 0 Å². The molecule has 0 aliphatic heterocycles. The van der Waals surface area contributed by atoms with Crippen molar-refractivity contribution in [2.24, 2.45) is 0 Å². The molecule has 20 heavy (non-hydrogen) atoms. The minimum atomic E-state index is -0.371. The van der Waals surface area contributed by atoms with E-state index in [4.69, 9.17) is 11.6 Å². The van der Waals surface area contributed by atoms with Crippen LogP contribution in [0.2, 0.25) is 5.02 Å². The average Bonchev–Trinajstić information content (AvgIpc) is 2.43. The van der Waals surface area contributed by atoms with Crippen LogP contribution < -0.4 is 11.1 Å². The molecular formula is C14H13ClN2O3. The summed E-state index contributed by atoms with van der Waals surface area (Å²) in [6.07, 6.45) is 0. The topological polar surface area (TPSA) is 71.9 Å². The second-order valence-electron chi connectivity index (χ2n) is 4.51. The molecule has 1 N–H and O–H groups in total. The number of halogens is 1. The summed E-state index contributed by atoms with van der Waals surface area (Å²) >= 11 is 5.75. The lowest BCUT2D eigenvalue weighted by Crippen LogP contribution is -2.35. The van der Waals surface area contributed by atoms with Crippen molar-refractivity contribution in [2.75, 3.05) is 0 Å². The molecule has 104 valence electrons. The third-order valence-corrected chi connectivity index (χ3v) is 3.43. The van der Waals surface area contributed by atoms with E-state index in [-0.39, 0.29) is 23.4 Å². The van der Waals surface area contributed by atoms with Gasteiger partial charge in [0, 0.05) is 21.7 Å². The zero-order chi connectivity index (χ0) is 14.9. The standard InChI is InChI=1S/C14H13ClN2O3/c1-8-9(2)14(20)17(16-13(8)19)7-12(18)10-3-5-11(15)6-4-10/h3-6H,7H2,1-2H3,(H,16,19). The zero-order valence-electron chi connectivity index (χ0n) is 11.1. The van der Waals surface area contributed by atoms with Crippen molar-refractivity contribution < 1.29 is 4.79 Å². The lowest BCUT2D eigenvalue weighted by Gasteiger charge is -2.07. The van der Waals surface area contributed by atoms with Crippen molar-refractivity contribution in [1.82, 2.24) is 9.78 Å². The molecule has 0 atom stereocenters. The number of H-pyrrole nitrogens is 1. The lowest BCUT2D eigenvalue weighted by molar-refractivity contribution is 0.0965. The Morgan fingerprint density at radius 1 is 1.15 bits per heavy atom. The summed E-state index contributed by atoms with van der Waals surface area (Å²) in [6.45, 7) is 2.92. The van der Waals surface area contributed by atoms with Gasteiger partial charge in [0.05, 0.1) is 0 Å². The molecule has 0 spiro atoms. The van der Waals surface area contributed by atoms with Crippen LogP contribution in [0.3, 0.4) is 0 Å². The minimum Gasteiger partial charge on any atom is -0.292 e. The lowest BCUT2D eigenvalue weighted by atomic mass is 10.1. The average molecular weight is 293 g/mol.